The standard InChI is InChI=1S/C22H19ClN8O/c23-19-4-5-21(31-15-24-14-27-31)18(10-19)12-25-22(32)16-2-3-17-13-30(28-20(17)11-16)9-8-29-7-1-6-26-29/h1-7,10-11,13-15H,8-9,12H2,(H,25,32). The maximum absolute atomic E-state index is 12.8. The summed E-state index contributed by atoms with van der Waals surface area (Å²) in [4.78, 5) is 16.8. The molecule has 3 aromatic heterocycles. The van der Waals surface area contributed by atoms with E-state index in [9.17, 15) is 4.79 Å². The highest BCUT2D eigenvalue weighted by molar-refractivity contribution is 6.30. The van der Waals surface area contributed by atoms with Crippen LogP contribution in [0.25, 0.3) is 16.6 Å². The Bertz CT molecular complexity index is 1360. The van der Waals surface area contributed by atoms with Crippen molar-refractivity contribution in [2.75, 3.05) is 0 Å². The first-order chi connectivity index (χ1) is 15.7. The number of hydrogen-bond donors (Lipinski definition) is 1. The molecule has 0 bridgehead atoms. The van der Waals surface area contributed by atoms with Gasteiger partial charge in [-0.15, -0.1) is 0 Å². The van der Waals surface area contributed by atoms with E-state index in [0.29, 0.717) is 23.7 Å². The smallest absolute Gasteiger partial charge is 0.251 e. The Morgan fingerprint density at radius 3 is 2.78 bits per heavy atom. The Morgan fingerprint density at radius 2 is 1.97 bits per heavy atom. The number of carbonyl (C=O) groups is 1. The third kappa shape index (κ3) is 4.23. The molecule has 0 aliphatic heterocycles. The van der Waals surface area contributed by atoms with Gasteiger partial charge in [-0.1, -0.05) is 17.7 Å². The summed E-state index contributed by atoms with van der Waals surface area (Å²) >= 11 is 6.16. The lowest BCUT2D eigenvalue weighted by Gasteiger charge is -2.11. The summed E-state index contributed by atoms with van der Waals surface area (Å²) in [6.07, 6.45) is 8.70. The van der Waals surface area contributed by atoms with Gasteiger partial charge >= 0.3 is 0 Å². The molecule has 5 rings (SSSR count). The molecule has 2 aromatic carbocycles. The van der Waals surface area contributed by atoms with Crippen LogP contribution in [0.5, 0.6) is 0 Å². The monoisotopic (exact) mass is 446 g/mol. The van der Waals surface area contributed by atoms with Gasteiger partial charge < -0.3 is 5.32 Å². The summed E-state index contributed by atoms with van der Waals surface area (Å²) in [5, 5.41) is 17.5. The molecule has 0 aliphatic carbocycles. The number of nitrogens with one attached hydrogen (secondary N) is 1. The maximum Gasteiger partial charge on any atom is 0.251 e. The number of aryl methyl sites for hydroxylation is 2. The molecule has 0 saturated heterocycles. The van der Waals surface area contributed by atoms with Gasteiger partial charge in [0, 0.05) is 41.1 Å². The first kappa shape index (κ1) is 20.0. The minimum atomic E-state index is -0.192. The lowest BCUT2D eigenvalue weighted by Crippen LogP contribution is -2.23. The second-order valence-electron chi connectivity index (χ2n) is 7.23. The average molecular weight is 447 g/mol. The van der Waals surface area contributed by atoms with Crippen molar-refractivity contribution >= 4 is 28.4 Å². The number of amides is 1. The number of halogens is 1. The SMILES string of the molecule is O=C(NCc1cc(Cl)ccc1-n1cncn1)c1ccc2cn(CCn3cccn3)nc2c1. The topological polar surface area (TPSA) is 95.5 Å². The van der Waals surface area contributed by atoms with Gasteiger partial charge in [-0.3, -0.25) is 14.2 Å². The predicted molar refractivity (Wildman–Crippen MR) is 119 cm³/mol. The molecule has 5 aromatic rings. The van der Waals surface area contributed by atoms with Crippen molar-refractivity contribution in [3.8, 4) is 5.69 Å². The highest BCUT2D eigenvalue weighted by Gasteiger charge is 2.12. The molecule has 1 N–H and O–H groups in total. The first-order valence-electron chi connectivity index (χ1n) is 10.0. The molecule has 0 unspecified atom stereocenters. The Labute approximate surface area is 188 Å². The van der Waals surface area contributed by atoms with E-state index in [1.807, 2.05) is 46.0 Å². The number of benzene rings is 2. The van der Waals surface area contributed by atoms with Crippen molar-refractivity contribution < 1.29 is 4.79 Å². The summed E-state index contributed by atoms with van der Waals surface area (Å²) in [5.41, 5.74) is 2.95. The van der Waals surface area contributed by atoms with Gasteiger partial charge in [0.05, 0.1) is 24.3 Å². The number of hydrogen-bond acceptors (Lipinski definition) is 5. The van der Waals surface area contributed by atoms with Crippen LogP contribution in [0.15, 0.2) is 73.7 Å². The molecule has 9 nitrogen and oxygen atoms in total. The van der Waals surface area contributed by atoms with Gasteiger partial charge in [-0.25, -0.2) is 9.67 Å². The first-order valence-corrected chi connectivity index (χ1v) is 10.4. The summed E-state index contributed by atoms with van der Waals surface area (Å²) in [5.74, 6) is -0.192. The van der Waals surface area contributed by atoms with Crippen molar-refractivity contribution in [3.05, 3.63) is 89.9 Å². The molecule has 10 heteroatoms. The van der Waals surface area contributed by atoms with Crippen molar-refractivity contribution in [2.45, 2.75) is 19.6 Å². The third-order valence-corrected chi connectivity index (χ3v) is 5.32. The van der Waals surface area contributed by atoms with Crippen molar-refractivity contribution in [2.24, 2.45) is 0 Å². The largest absolute Gasteiger partial charge is 0.348 e. The van der Waals surface area contributed by atoms with Gasteiger partial charge in [0.15, 0.2) is 0 Å². The lowest BCUT2D eigenvalue weighted by molar-refractivity contribution is 0.0951. The number of rotatable bonds is 7. The number of carbonyl (C=O) groups excluding carboxylic acids is 1. The zero-order chi connectivity index (χ0) is 21.9. The minimum absolute atomic E-state index is 0.192. The van der Waals surface area contributed by atoms with E-state index in [1.54, 1.807) is 35.4 Å². The van der Waals surface area contributed by atoms with E-state index in [4.69, 9.17) is 11.6 Å². The normalized spacial score (nSPS) is 11.2. The van der Waals surface area contributed by atoms with Crippen molar-refractivity contribution in [1.29, 1.82) is 0 Å². The molecular weight excluding hydrogens is 428 g/mol. The highest BCUT2D eigenvalue weighted by atomic mass is 35.5. The van der Waals surface area contributed by atoms with Crippen molar-refractivity contribution in [3.63, 3.8) is 0 Å². The Morgan fingerprint density at radius 1 is 1.06 bits per heavy atom. The highest BCUT2D eigenvalue weighted by Crippen LogP contribution is 2.20. The molecule has 0 saturated carbocycles. The fourth-order valence-corrected chi connectivity index (χ4v) is 3.68. The van der Waals surface area contributed by atoms with Crippen LogP contribution in [0.1, 0.15) is 15.9 Å². The predicted octanol–water partition coefficient (Wildman–Crippen LogP) is 3.10. The van der Waals surface area contributed by atoms with Gasteiger partial charge in [-0.2, -0.15) is 15.3 Å². The lowest BCUT2D eigenvalue weighted by atomic mass is 10.1. The second-order valence-corrected chi connectivity index (χ2v) is 7.67. The summed E-state index contributed by atoms with van der Waals surface area (Å²) < 4.78 is 5.36. The zero-order valence-corrected chi connectivity index (χ0v) is 17.7. The molecule has 3 heterocycles. The van der Waals surface area contributed by atoms with E-state index < -0.39 is 0 Å². The van der Waals surface area contributed by atoms with Crippen LogP contribution in [0.2, 0.25) is 5.02 Å². The molecule has 0 spiro atoms. The molecule has 1 amide bonds. The van der Waals surface area contributed by atoms with Gasteiger partial charge in [0.25, 0.3) is 5.91 Å². The number of fused-ring (bicyclic) bond motifs is 1. The van der Waals surface area contributed by atoms with Crippen molar-refractivity contribution in [1.82, 2.24) is 39.6 Å². The van der Waals surface area contributed by atoms with Crippen LogP contribution < -0.4 is 5.32 Å². The van der Waals surface area contributed by atoms with Crippen LogP contribution in [0.3, 0.4) is 0 Å². The fourth-order valence-electron chi connectivity index (χ4n) is 3.49. The maximum atomic E-state index is 12.8. The summed E-state index contributed by atoms with van der Waals surface area (Å²) in [6.45, 7) is 1.71. The second kappa shape index (κ2) is 8.64. The quantitative estimate of drug-likeness (QED) is 0.414. The van der Waals surface area contributed by atoms with Gasteiger partial charge in [-0.05, 0) is 42.0 Å². The molecule has 0 aliphatic rings. The van der Waals surface area contributed by atoms with Crippen LogP contribution in [0.4, 0.5) is 0 Å². The summed E-state index contributed by atoms with van der Waals surface area (Å²) in [6, 6.07) is 12.8. The zero-order valence-electron chi connectivity index (χ0n) is 17.0. The molecule has 32 heavy (non-hydrogen) atoms. The Kier molecular flexibility index (Phi) is 5.39. The Hall–Kier alpha value is -3.98. The van der Waals surface area contributed by atoms with Crippen LogP contribution in [0, 0.1) is 0 Å². The molecular formula is C22H19ClN8O. The average Bonchev–Trinajstić information content (AvgIpc) is 3.57. The fraction of sp³-hybridized carbons (Fsp3) is 0.136. The van der Waals surface area contributed by atoms with E-state index >= 15 is 0 Å². The van der Waals surface area contributed by atoms with Gasteiger partial charge in [0.2, 0.25) is 0 Å². The molecule has 0 atom stereocenters. The van der Waals surface area contributed by atoms with Gasteiger partial charge in [0.1, 0.15) is 12.7 Å². The number of nitrogens with zero attached hydrogens (tertiary/aromatic N) is 7. The van der Waals surface area contributed by atoms with Crippen LogP contribution in [-0.4, -0.2) is 40.2 Å². The van der Waals surface area contributed by atoms with E-state index in [0.717, 1.165) is 28.7 Å². The molecule has 0 radical (unpaired) electrons. The van der Waals surface area contributed by atoms with E-state index in [-0.39, 0.29) is 5.91 Å². The molecule has 0 fully saturated rings. The number of aromatic nitrogens is 7. The minimum Gasteiger partial charge on any atom is -0.348 e. The third-order valence-electron chi connectivity index (χ3n) is 5.08. The summed E-state index contributed by atoms with van der Waals surface area (Å²) in [7, 11) is 0. The Balaban J connectivity index is 1.29. The van der Waals surface area contributed by atoms with E-state index in [1.165, 1.54) is 6.33 Å². The van der Waals surface area contributed by atoms with Crippen LogP contribution >= 0.6 is 11.6 Å². The van der Waals surface area contributed by atoms with Crippen LogP contribution in [-0.2, 0) is 19.6 Å². The van der Waals surface area contributed by atoms with E-state index in [2.05, 4.69) is 25.6 Å². The molecule has 160 valence electrons.